The number of allylic oxidation sites excluding steroid dienone is 22. The molecule has 0 aliphatic carbocycles. The van der Waals surface area contributed by atoms with E-state index in [1.54, 1.807) is 0 Å². The summed E-state index contributed by atoms with van der Waals surface area (Å²) in [5.74, 6) is -0.934. The first-order valence-electron chi connectivity index (χ1n) is 31.7. The van der Waals surface area contributed by atoms with Crippen molar-refractivity contribution in [2.45, 2.75) is 284 Å². The van der Waals surface area contributed by atoms with Gasteiger partial charge in [-0.3, -0.25) is 14.4 Å². The highest BCUT2D eigenvalue weighted by molar-refractivity contribution is 5.71. The van der Waals surface area contributed by atoms with Gasteiger partial charge in [0.25, 0.3) is 0 Å². The molecule has 0 aromatic heterocycles. The Kier molecular flexibility index (Phi) is 60.4. The smallest absolute Gasteiger partial charge is 0.306 e. The predicted octanol–water partition coefficient (Wildman–Crippen LogP) is 21.8. The Morgan fingerprint density at radius 3 is 0.792 bits per heavy atom. The van der Waals surface area contributed by atoms with Crippen LogP contribution < -0.4 is 0 Å². The standard InChI is InChI=1S/C71H116O6/c1-4-7-10-13-16-19-22-25-27-29-30-31-32-33-34-35-36-37-38-39-40-42-43-46-49-52-55-58-61-64-70(73)76-67-68(66-75-69(72)63-60-57-54-51-48-45-24-21-18-15-12-9-6-3)77-71(74)65-62-59-56-53-50-47-44-41-28-26-23-20-17-14-11-8-5-2/h7-8,10-12,15-17,19-21,24-28,30-31,33-34,44,47,68H,4-6,9,13-14,18,22-23,29,32,35-43,45-46,48-67H2,1-3H3/b10-7-,11-8-,15-12-,19-16-,20-17-,24-21-,27-25-,28-26-,31-30-,34-33-,47-44-. The minimum Gasteiger partial charge on any atom is -0.462 e. The monoisotopic (exact) mass is 1060 g/mol. The fourth-order valence-electron chi connectivity index (χ4n) is 8.44. The van der Waals surface area contributed by atoms with Crippen molar-refractivity contribution in [3.05, 3.63) is 134 Å². The molecule has 0 bridgehead atoms. The fraction of sp³-hybridized carbons (Fsp3) is 0.648. The summed E-state index contributed by atoms with van der Waals surface area (Å²) in [5.41, 5.74) is 0. The molecule has 1 atom stereocenters. The van der Waals surface area contributed by atoms with Crippen LogP contribution in [0.3, 0.4) is 0 Å². The lowest BCUT2D eigenvalue weighted by molar-refractivity contribution is -0.167. The normalized spacial score (nSPS) is 13.0. The summed E-state index contributed by atoms with van der Waals surface area (Å²) in [6.07, 6.45) is 90.3. The average Bonchev–Trinajstić information content (AvgIpc) is 3.43. The first kappa shape index (κ1) is 72.5. The summed E-state index contributed by atoms with van der Waals surface area (Å²) >= 11 is 0. The first-order chi connectivity index (χ1) is 38.0. The largest absolute Gasteiger partial charge is 0.462 e. The Bertz CT molecular complexity index is 1650. The first-order valence-corrected chi connectivity index (χ1v) is 31.7. The highest BCUT2D eigenvalue weighted by Gasteiger charge is 2.19. The molecule has 0 saturated carbocycles. The van der Waals surface area contributed by atoms with Crippen LogP contribution in [0, 0.1) is 0 Å². The van der Waals surface area contributed by atoms with E-state index in [9.17, 15) is 14.4 Å². The van der Waals surface area contributed by atoms with Crippen molar-refractivity contribution in [1.82, 2.24) is 0 Å². The Morgan fingerprint density at radius 1 is 0.273 bits per heavy atom. The maximum Gasteiger partial charge on any atom is 0.306 e. The molecule has 0 rings (SSSR count). The van der Waals surface area contributed by atoms with E-state index in [0.29, 0.717) is 19.3 Å². The minimum absolute atomic E-state index is 0.0959. The molecule has 0 aromatic carbocycles. The van der Waals surface area contributed by atoms with Crippen LogP contribution >= 0.6 is 0 Å². The molecule has 0 aliphatic heterocycles. The highest BCUT2D eigenvalue weighted by atomic mass is 16.6. The van der Waals surface area contributed by atoms with Gasteiger partial charge in [0.05, 0.1) is 0 Å². The lowest BCUT2D eigenvalue weighted by Crippen LogP contribution is -2.30. The SMILES string of the molecule is CC/C=C\C/C=C\C/C=C\C/C=C\C/C=C\CCCCCCCCCCCCCCCC(=O)OCC(COC(=O)CCCCCCC/C=C\C/C=C\CCC)OC(=O)CCCCCC/C=C\C/C=C\C/C=C\C/C=C\CC. The van der Waals surface area contributed by atoms with Crippen LogP contribution in [0.25, 0.3) is 0 Å². The number of ether oxygens (including phenoxy) is 3. The number of hydrogen-bond acceptors (Lipinski definition) is 6. The summed E-state index contributed by atoms with van der Waals surface area (Å²) in [6.45, 7) is 6.32. The third-order valence-corrected chi connectivity index (χ3v) is 13.1. The maximum absolute atomic E-state index is 12.9. The van der Waals surface area contributed by atoms with Gasteiger partial charge >= 0.3 is 17.9 Å². The maximum atomic E-state index is 12.9. The van der Waals surface area contributed by atoms with Crippen molar-refractivity contribution in [2.75, 3.05) is 13.2 Å². The zero-order valence-corrected chi connectivity index (χ0v) is 49.9. The molecule has 0 aliphatic rings. The van der Waals surface area contributed by atoms with Crippen LogP contribution in [0.5, 0.6) is 0 Å². The van der Waals surface area contributed by atoms with Crippen LogP contribution in [0.2, 0.25) is 0 Å². The van der Waals surface area contributed by atoms with E-state index in [1.165, 1.54) is 77.0 Å². The van der Waals surface area contributed by atoms with Crippen LogP contribution in [-0.2, 0) is 28.6 Å². The lowest BCUT2D eigenvalue weighted by Gasteiger charge is -2.18. The van der Waals surface area contributed by atoms with Gasteiger partial charge in [-0.1, -0.05) is 264 Å². The van der Waals surface area contributed by atoms with Gasteiger partial charge in [0, 0.05) is 19.3 Å². The van der Waals surface area contributed by atoms with Crippen LogP contribution in [-0.4, -0.2) is 37.2 Å². The summed E-state index contributed by atoms with van der Waals surface area (Å²) in [6, 6.07) is 0. The molecular weight excluding hydrogens is 949 g/mol. The van der Waals surface area contributed by atoms with E-state index in [4.69, 9.17) is 14.2 Å². The number of hydrogen-bond donors (Lipinski definition) is 0. The summed E-state index contributed by atoms with van der Waals surface area (Å²) in [7, 11) is 0. The molecule has 0 spiro atoms. The molecule has 436 valence electrons. The highest BCUT2D eigenvalue weighted by Crippen LogP contribution is 2.15. The minimum atomic E-state index is -0.802. The molecular formula is C71H116O6. The zero-order valence-electron chi connectivity index (χ0n) is 49.9. The van der Waals surface area contributed by atoms with E-state index in [2.05, 4.69) is 154 Å². The van der Waals surface area contributed by atoms with Gasteiger partial charge in [-0.2, -0.15) is 0 Å². The van der Waals surface area contributed by atoms with E-state index in [1.807, 2.05) is 0 Å². The molecule has 1 unspecified atom stereocenters. The second-order valence-electron chi connectivity index (χ2n) is 20.5. The Morgan fingerprint density at radius 2 is 0.506 bits per heavy atom. The molecule has 6 nitrogen and oxygen atoms in total. The van der Waals surface area contributed by atoms with Gasteiger partial charge in [0.1, 0.15) is 13.2 Å². The molecule has 0 fully saturated rings. The third-order valence-electron chi connectivity index (χ3n) is 13.1. The second kappa shape index (κ2) is 64.1. The molecule has 0 amide bonds. The van der Waals surface area contributed by atoms with E-state index in [0.717, 1.165) is 161 Å². The number of esters is 3. The number of carbonyl (C=O) groups is 3. The van der Waals surface area contributed by atoms with E-state index in [-0.39, 0.29) is 31.1 Å². The fourth-order valence-corrected chi connectivity index (χ4v) is 8.44. The van der Waals surface area contributed by atoms with Gasteiger partial charge in [0.2, 0.25) is 0 Å². The number of carbonyl (C=O) groups excluding carboxylic acids is 3. The van der Waals surface area contributed by atoms with Crippen LogP contribution in [0.1, 0.15) is 278 Å². The van der Waals surface area contributed by atoms with E-state index >= 15 is 0 Å². The topological polar surface area (TPSA) is 78.9 Å². The van der Waals surface area contributed by atoms with Crippen molar-refractivity contribution in [1.29, 1.82) is 0 Å². The number of rotatable bonds is 56. The van der Waals surface area contributed by atoms with Gasteiger partial charge in [-0.15, -0.1) is 0 Å². The molecule has 0 aromatic rings. The molecule has 0 radical (unpaired) electrons. The van der Waals surface area contributed by atoms with Crippen molar-refractivity contribution in [2.24, 2.45) is 0 Å². The van der Waals surface area contributed by atoms with Gasteiger partial charge < -0.3 is 14.2 Å². The van der Waals surface area contributed by atoms with Crippen LogP contribution in [0.4, 0.5) is 0 Å². The lowest BCUT2D eigenvalue weighted by atomic mass is 10.0. The van der Waals surface area contributed by atoms with Crippen molar-refractivity contribution in [3.63, 3.8) is 0 Å². The summed E-state index contributed by atoms with van der Waals surface area (Å²) in [5, 5.41) is 0. The molecule has 6 heteroatoms. The van der Waals surface area contributed by atoms with Gasteiger partial charge in [0.15, 0.2) is 6.10 Å². The average molecular weight is 1070 g/mol. The molecule has 0 saturated heterocycles. The zero-order chi connectivity index (χ0) is 55.7. The van der Waals surface area contributed by atoms with Crippen molar-refractivity contribution < 1.29 is 28.6 Å². The Hall–Kier alpha value is -4.45. The third kappa shape index (κ3) is 62.3. The molecule has 0 heterocycles. The summed E-state index contributed by atoms with van der Waals surface area (Å²) < 4.78 is 16.9. The molecule has 77 heavy (non-hydrogen) atoms. The van der Waals surface area contributed by atoms with Gasteiger partial charge in [-0.05, 0) is 128 Å². The van der Waals surface area contributed by atoms with Crippen molar-refractivity contribution in [3.8, 4) is 0 Å². The van der Waals surface area contributed by atoms with E-state index < -0.39 is 6.10 Å². The quantitative estimate of drug-likeness (QED) is 0.0261. The van der Waals surface area contributed by atoms with Crippen LogP contribution in [0.15, 0.2) is 134 Å². The van der Waals surface area contributed by atoms with Gasteiger partial charge in [-0.25, -0.2) is 0 Å². The Labute approximate surface area is 475 Å². The number of unbranched alkanes of at least 4 members (excludes halogenated alkanes) is 23. The predicted molar refractivity (Wildman–Crippen MR) is 334 cm³/mol. The summed E-state index contributed by atoms with van der Waals surface area (Å²) in [4.78, 5) is 38.3. The van der Waals surface area contributed by atoms with Crippen molar-refractivity contribution >= 4 is 17.9 Å². The Balaban J connectivity index is 4.31. The second-order valence-corrected chi connectivity index (χ2v) is 20.5. The molecule has 0 N–H and O–H groups in total.